The average molecular weight is 610 g/mol. The molecule has 0 aliphatic carbocycles. The van der Waals surface area contributed by atoms with Crippen molar-refractivity contribution in [3.05, 3.63) is 41.8 Å². The van der Waals surface area contributed by atoms with Crippen LogP contribution in [0.15, 0.2) is 18.2 Å². The third kappa shape index (κ3) is 27.5. The van der Waals surface area contributed by atoms with E-state index in [1.54, 1.807) is 16.7 Å². The van der Waals surface area contributed by atoms with Gasteiger partial charge in [0.2, 0.25) is 0 Å². The van der Waals surface area contributed by atoms with Crippen LogP contribution in [0.5, 0.6) is 0 Å². The van der Waals surface area contributed by atoms with Crippen LogP contribution in [0.25, 0.3) is 0 Å². The lowest BCUT2D eigenvalue weighted by atomic mass is 9.95. The zero-order valence-corrected chi connectivity index (χ0v) is 30.7. The first kappa shape index (κ1) is 41.2. The lowest BCUT2D eigenvalue weighted by Crippen LogP contribution is -1.96. The summed E-state index contributed by atoms with van der Waals surface area (Å²) in [6.07, 6.45) is 49.4. The second-order valence-corrected chi connectivity index (χ2v) is 14.5. The molecule has 0 saturated carbocycles. The van der Waals surface area contributed by atoms with Crippen LogP contribution in [0.4, 0.5) is 0 Å². The summed E-state index contributed by atoms with van der Waals surface area (Å²) in [4.78, 5) is 0. The van der Waals surface area contributed by atoms with Gasteiger partial charge in [-0.3, -0.25) is 0 Å². The minimum atomic E-state index is 1.05. The smallest absolute Gasteiger partial charge is 0.0279 e. The zero-order chi connectivity index (χ0) is 31.6. The van der Waals surface area contributed by atoms with Gasteiger partial charge >= 0.3 is 0 Å². The molecule has 0 heterocycles. The van der Waals surface area contributed by atoms with E-state index in [2.05, 4.69) is 39.0 Å². The van der Waals surface area contributed by atoms with Gasteiger partial charge in [0.1, 0.15) is 0 Å². The van der Waals surface area contributed by atoms with E-state index in [1.165, 1.54) is 218 Å². The van der Waals surface area contributed by atoms with E-state index in [9.17, 15) is 0 Å². The Morgan fingerprint density at radius 3 is 0.727 bits per heavy atom. The summed E-state index contributed by atoms with van der Waals surface area (Å²) < 4.78 is 0. The van der Waals surface area contributed by atoms with Crippen LogP contribution >= 0.6 is 0 Å². The average Bonchev–Trinajstić information content (AvgIpc) is 3.03. The van der Waals surface area contributed by atoms with E-state index < -0.39 is 0 Å². The van der Waals surface area contributed by atoms with Gasteiger partial charge in [0, 0.05) is 0 Å². The third-order valence-corrected chi connectivity index (χ3v) is 9.97. The maximum Gasteiger partial charge on any atom is -0.0279 e. The van der Waals surface area contributed by atoms with Crippen LogP contribution < -0.4 is 0 Å². The van der Waals surface area contributed by atoms with Crippen molar-refractivity contribution < 1.29 is 0 Å². The molecular weight excluding hydrogens is 528 g/mol. The third-order valence-electron chi connectivity index (χ3n) is 9.97. The second-order valence-electron chi connectivity index (χ2n) is 14.5. The number of unbranched alkanes of at least 4 members (excludes halogenated alkanes) is 29. The molecule has 0 saturated heterocycles. The molecule has 0 amide bonds. The lowest BCUT2D eigenvalue weighted by molar-refractivity contribution is 0.532. The summed E-state index contributed by atoms with van der Waals surface area (Å²) in [5.41, 5.74) is 4.79. The van der Waals surface area contributed by atoms with Crippen molar-refractivity contribution >= 4 is 0 Å². The quantitative estimate of drug-likeness (QED) is 0.0671. The Morgan fingerprint density at radius 1 is 0.295 bits per heavy atom. The van der Waals surface area contributed by atoms with E-state index >= 15 is 0 Å². The first-order chi connectivity index (χ1) is 21.8. The molecule has 0 bridgehead atoms. The van der Waals surface area contributed by atoms with Crippen LogP contribution in [0, 0.1) is 6.92 Å². The first-order valence-electron chi connectivity index (χ1n) is 20.7. The fourth-order valence-electron chi connectivity index (χ4n) is 7.00. The molecule has 44 heavy (non-hydrogen) atoms. The fourth-order valence-corrected chi connectivity index (χ4v) is 7.00. The topological polar surface area (TPSA) is 0 Å². The maximum absolute atomic E-state index is 4.09. The predicted molar refractivity (Wildman–Crippen MR) is 202 cm³/mol. The van der Waals surface area contributed by atoms with Gasteiger partial charge < -0.3 is 0 Å². The van der Waals surface area contributed by atoms with Crippen molar-refractivity contribution in [2.75, 3.05) is 0 Å². The minimum absolute atomic E-state index is 1.05. The number of aryl methyl sites for hydroxylation is 3. The summed E-state index contributed by atoms with van der Waals surface area (Å²) in [5.74, 6) is 0. The monoisotopic (exact) mass is 610 g/mol. The van der Waals surface area contributed by atoms with Crippen molar-refractivity contribution in [2.45, 2.75) is 239 Å². The highest BCUT2D eigenvalue weighted by Gasteiger charge is 2.04. The van der Waals surface area contributed by atoms with E-state index in [0.29, 0.717) is 0 Å². The Morgan fingerprint density at radius 2 is 0.500 bits per heavy atom. The van der Waals surface area contributed by atoms with Crippen LogP contribution in [-0.4, -0.2) is 0 Å². The highest BCUT2D eigenvalue weighted by molar-refractivity contribution is 5.30. The van der Waals surface area contributed by atoms with Crippen molar-refractivity contribution in [3.63, 3.8) is 0 Å². The Kier molecular flexibility index (Phi) is 31.5. The molecule has 0 heteroatoms. The van der Waals surface area contributed by atoms with E-state index in [0.717, 1.165) is 6.42 Å². The molecule has 0 unspecified atom stereocenters. The normalized spacial score (nSPS) is 11.5. The van der Waals surface area contributed by atoms with Crippen molar-refractivity contribution in [2.24, 2.45) is 0 Å². The second kappa shape index (κ2) is 33.6. The standard InChI is InChI=1S/C44H81/c1-4-7-10-12-14-16-18-20-22-24-26-28-30-32-34-37-43-39-42(36-9-6-3)40-44(41-43)38-35-33-31-29-27-25-23-21-19-17-15-13-11-8-5-2/h39-41H,3-38H2,1-2H3. The molecule has 1 radical (unpaired) electrons. The highest BCUT2D eigenvalue weighted by atomic mass is 14.1. The molecular formula is C44H81. The van der Waals surface area contributed by atoms with Gasteiger partial charge in [-0.05, 0) is 55.2 Å². The summed E-state index contributed by atoms with van der Waals surface area (Å²) in [6.45, 7) is 8.71. The molecule has 0 atom stereocenters. The van der Waals surface area contributed by atoms with Gasteiger partial charge in [0.25, 0.3) is 0 Å². The van der Waals surface area contributed by atoms with E-state index in [4.69, 9.17) is 0 Å². The molecule has 0 aliphatic rings. The Balaban J connectivity index is 2.09. The van der Waals surface area contributed by atoms with Gasteiger partial charge in [-0.1, -0.05) is 225 Å². The molecule has 1 aromatic carbocycles. The van der Waals surface area contributed by atoms with Crippen LogP contribution in [0.2, 0.25) is 0 Å². The van der Waals surface area contributed by atoms with E-state index in [1.807, 2.05) is 0 Å². The SMILES string of the molecule is [CH2]CCCc1cc(CCCCCCCCCCCCCCCCC)cc(CCCCCCCCCCCCCCCCC)c1. The van der Waals surface area contributed by atoms with Gasteiger partial charge in [0.15, 0.2) is 0 Å². The lowest BCUT2D eigenvalue weighted by Gasteiger charge is -2.11. The Hall–Kier alpha value is -0.780. The largest absolute Gasteiger partial charge is 0.0654 e. The van der Waals surface area contributed by atoms with Crippen molar-refractivity contribution in [1.29, 1.82) is 0 Å². The van der Waals surface area contributed by atoms with Crippen LogP contribution in [0.3, 0.4) is 0 Å². The number of hydrogen-bond donors (Lipinski definition) is 0. The molecule has 0 aliphatic heterocycles. The fraction of sp³-hybridized carbons (Fsp3) is 0.841. The highest BCUT2D eigenvalue weighted by Crippen LogP contribution is 2.20. The molecule has 0 nitrogen and oxygen atoms in total. The molecule has 257 valence electrons. The molecule has 0 spiro atoms. The Bertz CT molecular complexity index is 635. The van der Waals surface area contributed by atoms with Crippen molar-refractivity contribution in [1.82, 2.24) is 0 Å². The van der Waals surface area contributed by atoms with E-state index in [-0.39, 0.29) is 0 Å². The molecule has 0 fully saturated rings. The molecule has 1 aromatic rings. The number of rotatable bonds is 35. The van der Waals surface area contributed by atoms with Gasteiger partial charge in [-0.25, -0.2) is 0 Å². The molecule has 0 N–H and O–H groups in total. The van der Waals surface area contributed by atoms with Crippen LogP contribution in [0.1, 0.15) is 236 Å². The molecule has 1 rings (SSSR count). The summed E-state index contributed by atoms with van der Waals surface area (Å²) in [5, 5.41) is 0. The van der Waals surface area contributed by atoms with Gasteiger partial charge in [0.05, 0.1) is 0 Å². The van der Waals surface area contributed by atoms with Crippen LogP contribution in [-0.2, 0) is 19.3 Å². The van der Waals surface area contributed by atoms with Gasteiger partial charge in [-0.15, -0.1) is 0 Å². The van der Waals surface area contributed by atoms with Crippen molar-refractivity contribution in [3.8, 4) is 0 Å². The minimum Gasteiger partial charge on any atom is -0.0654 e. The predicted octanol–water partition coefficient (Wildman–Crippen LogP) is 15.7. The zero-order valence-electron chi connectivity index (χ0n) is 30.7. The molecule has 0 aromatic heterocycles. The maximum atomic E-state index is 4.09. The summed E-state index contributed by atoms with van der Waals surface area (Å²) in [6, 6.07) is 7.60. The first-order valence-corrected chi connectivity index (χ1v) is 20.7. The summed E-state index contributed by atoms with van der Waals surface area (Å²) in [7, 11) is 0. The van der Waals surface area contributed by atoms with Gasteiger partial charge in [-0.2, -0.15) is 0 Å². The number of hydrogen-bond acceptors (Lipinski definition) is 0. The summed E-state index contributed by atoms with van der Waals surface area (Å²) >= 11 is 0. The Labute approximate surface area is 279 Å². The number of benzene rings is 1.